The van der Waals surface area contributed by atoms with E-state index < -0.39 is 0 Å². The molecule has 0 aliphatic carbocycles. The molecule has 2 heteroatoms. The van der Waals surface area contributed by atoms with E-state index in [1.165, 1.54) is 18.4 Å². The van der Waals surface area contributed by atoms with Gasteiger partial charge in [-0.25, -0.2) is 0 Å². The molecule has 1 atom stereocenters. The Balaban J connectivity index is 2.39. The summed E-state index contributed by atoms with van der Waals surface area (Å²) >= 11 is 0. The van der Waals surface area contributed by atoms with Gasteiger partial charge in [-0.05, 0) is 43.0 Å². The minimum Gasteiger partial charge on any atom is -0.497 e. The lowest BCUT2D eigenvalue weighted by Gasteiger charge is -2.34. The average molecular weight is 219 g/mol. The number of hydrogen-bond acceptors (Lipinski definition) is 2. The summed E-state index contributed by atoms with van der Waals surface area (Å²) < 4.78 is 5.31. The average Bonchev–Trinajstić information content (AvgIpc) is 2.79. The third-order valence-corrected chi connectivity index (χ3v) is 3.76. The molecule has 88 valence electrons. The Morgan fingerprint density at radius 1 is 1.38 bits per heavy atom. The van der Waals surface area contributed by atoms with Crippen LogP contribution in [-0.4, -0.2) is 13.7 Å². The summed E-state index contributed by atoms with van der Waals surface area (Å²) in [5.74, 6) is 1.55. The summed E-state index contributed by atoms with van der Waals surface area (Å²) in [6.45, 7) is 5.70. The highest BCUT2D eigenvalue weighted by Crippen LogP contribution is 2.38. The van der Waals surface area contributed by atoms with Crippen LogP contribution in [0.15, 0.2) is 24.3 Å². The molecule has 1 N–H and O–H groups in total. The third kappa shape index (κ3) is 1.82. The zero-order valence-corrected chi connectivity index (χ0v) is 10.4. The maximum absolute atomic E-state index is 5.31. The second kappa shape index (κ2) is 4.46. The summed E-state index contributed by atoms with van der Waals surface area (Å²) in [6, 6.07) is 8.46. The van der Waals surface area contributed by atoms with Gasteiger partial charge in [-0.15, -0.1) is 0 Å². The number of rotatable bonds is 3. The fourth-order valence-electron chi connectivity index (χ4n) is 2.74. The molecule has 1 saturated heterocycles. The minimum absolute atomic E-state index is 0.147. The van der Waals surface area contributed by atoms with Gasteiger partial charge in [-0.3, -0.25) is 0 Å². The van der Waals surface area contributed by atoms with Gasteiger partial charge in [0.1, 0.15) is 5.75 Å². The standard InChI is InChI=1S/C14H21NO/c1-11(2)14(8-5-9-15-14)12-6-4-7-13(10-12)16-3/h4,6-7,10-11,15H,5,8-9H2,1-3H3. The van der Waals surface area contributed by atoms with Gasteiger partial charge < -0.3 is 10.1 Å². The topological polar surface area (TPSA) is 21.3 Å². The van der Waals surface area contributed by atoms with Crippen molar-refractivity contribution >= 4 is 0 Å². The highest BCUT2D eigenvalue weighted by molar-refractivity contribution is 5.34. The molecule has 1 aliphatic rings. The van der Waals surface area contributed by atoms with Crippen molar-refractivity contribution in [1.82, 2.24) is 5.32 Å². The normalized spacial score (nSPS) is 25.0. The molecule has 1 aliphatic heterocycles. The third-order valence-electron chi connectivity index (χ3n) is 3.76. The number of benzene rings is 1. The molecule has 1 fully saturated rings. The van der Waals surface area contributed by atoms with Crippen molar-refractivity contribution in [3.05, 3.63) is 29.8 Å². The molecule has 0 aromatic heterocycles. The van der Waals surface area contributed by atoms with E-state index in [0.717, 1.165) is 12.3 Å². The Bertz CT molecular complexity index is 354. The zero-order valence-electron chi connectivity index (χ0n) is 10.4. The van der Waals surface area contributed by atoms with Gasteiger partial charge in [0.2, 0.25) is 0 Å². The monoisotopic (exact) mass is 219 g/mol. The van der Waals surface area contributed by atoms with Gasteiger partial charge in [-0.1, -0.05) is 26.0 Å². The maximum atomic E-state index is 5.31. The molecule has 0 amide bonds. The molecule has 0 radical (unpaired) electrons. The van der Waals surface area contributed by atoms with E-state index >= 15 is 0 Å². The second-order valence-electron chi connectivity index (χ2n) is 4.89. The molecule has 0 spiro atoms. The summed E-state index contributed by atoms with van der Waals surface area (Å²) in [5.41, 5.74) is 1.51. The molecule has 1 aromatic rings. The fourth-order valence-corrected chi connectivity index (χ4v) is 2.74. The second-order valence-corrected chi connectivity index (χ2v) is 4.89. The van der Waals surface area contributed by atoms with Crippen molar-refractivity contribution in [3.8, 4) is 5.75 Å². The van der Waals surface area contributed by atoms with Crippen LogP contribution >= 0.6 is 0 Å². The molecule has 1 unspecified atom stereocenters. The highest BCUT2D eigenvalue weighted by Gasteiger charge is 2.38. The van der Waals surface area contributed by atoms with Crippen LogP contribution in [0.1, 0.15) is 32.3 Å². The molecular weight excluding hydrogens is 198 g/mol. The Morgan fingerprint density at radius 3 is 2.75 bits per heavy atom. The number of hydrogen-bond donors (Lipinski definition) is 1. The quantitative estimate of drug-likeness (QED) is 0.844. The minimum atomic E-state index is 0.147. The van der Waals surface area contributed by atoms with Gasteiger partial charge in [0, 0.05) is 5.54 Å². The van der Waals surface area contributed by atoms with Gasteiger partial charge in [0.25, 0.3) is 0 Å². The van der Waals surface area contributed by atoms with Gasteiger partial charge in [0.05, 0.1) is 7.11 Å². The van der Waals surface area contributed by atoms with E-state index in [2.05, 4.69) is 37.4 Å². The lowest BCUT2D eigenvalue weighted by atomic mass is 9.79. The van der Waals surface area contributed by atoms with E-state index in [-0.39, 0.29) is 5.54 Å². The van der Waals surface area contributed by atoms with E-state index in [0.29, 0.717) is 5.92 Å². The number of methoxy groups -OCH3 is 1. The van der Waals surface area contributed by atoms with Crippen molar-refractivity contribution in [1.29, 1.82) is 0 Å². The Hall–Kier alpha value is -1.02. The van der Waals surface area contributed by atoms with Gasteiger partial charge in [-0.2, -0.15) is 0 Å². The van der Waals surface area contributed by atoms with Crippen LogP contribution in [0.3, 0.4) is 0 Å². The van der Waals surface area contributed by atoms with Crippen LogP contribution in [0, 0.1) is 5.92 Å². The van der Waals surface area contributed by atoms with Crippen molar-refractivity contribution in [2.75, 3.05) is 13.7 Å². The lowest BCUT2D eigenvalue weighted by molar-refractivity contribution is 0.276. The molecule has 1 aromatic carbocycles. The predicted molar refractivity (Wildman–Crippen MR) is 66.7 cm³/mol. The van der Waals surface area contributed by atoms with Crippen LogP contribution < -0.4 is 10.1 Å². The molecule has 0 saturated carbocycles. The van der Waals surface area contributed by atoms with E-state index in [9.17, 15) is 0 Å². The molecule has 2 rings (SSSR count). The SMILES string of the molecule is COc1cccc(C2(C(C)C)CCCN2)c1. The Kier molecular flexibility index (Phi) is 3.20. The lowest BCUT2D eigenvalue weighted by Crippen LogP contribution is -2.41. The number of nitrogens with one attached hydrogen (secondary N) is 1. The Labute approximate surface area is 98.0 Å². The molecule has 1 heterocycles. The predicted octanol–water partition coefficient (Wildman–Crippen LogP) is 2.93. The van der Waals surface area contributed by atoms with Crippen LogP contribution in [0.25, 0.3) is 0 Å². The van der Waals surface area contributed by atoms with Crippen LogP contribution in [0.5, 0.6) is 5.75 Å². The highest BCUT2D eigenvalue weighted by atomic mass is 16.5. The zero-order chi connectivity index (χ0) is 11.6. The van der Waals surface area contributed by atoms with Gasteiger partial charge >= 0.3 is 0 Å². The van der Waals surface area contributed by atoms with E-state index in [1.807, 2.05) is 6.07 Å². The Morgan fingerprint density at radius 2 is 2.19 bits per heavy atom. The van der Waals surface area contributed by atoms with Crippen molar-refractivity contribution in [2.45, 2.75) is 32.2 Å². The van der Waals surface area contributed by atoms with Crippen LogP contribution in [0.2, 0.25) is 0 Å². The molecular formula is C14H21NO. The molecule has 16 heavy (non-hydrogen) atoms. The first-order valence-corrected chi connectivity index (χ1v) is 6.08. The van der Waals surface area contributed by atoms with Crippen molar-refractivity contribution in [3.63, 3.8) is 0 Å². The van der Waals surface area contributed by atoms with Crippen molar-refractivity contribution in [2.24, 2.45) is 5.92 Å². The largest absolute Gasteiger partial charge is 0.497 e. The van der Waals surface area contributed by atoms with Gasteiger partial charge in [0.15, 0.2) is 0 Å². The number of ether oxygens (including phenoxy) is 1. The first-order chi connectivity index (χ1) is 7.69. The fraction of sp³-hybridized carbons (Fsp3) is 0.571. The molecule has 2 nitrogen and oxygen atoms in total. The van der Waals surface area contributed by atoms with E-state index in [4.69, 9.17) is 4.74 Å². The summed E-state index contributed by atoms with van der Waals surface area (Å²) in [7, 11) is 1.73. The molecule has 0 bridgehead atoms. The summed E-state index contributed by atoms with van der Waals surface area (Å²) in [5, 5.41) is 3.68. The summed E-state index contributed by atoms with van der Waals surface area (Å²) in [4.78, 5) is 0. The first kappa shape index (κ1) is 11.5. The van der Waals surface area contributed by atoms with Crippen molar-refractivity contribution < 1.29 is 4.74 Å². The maximum Gasteiger partial charge on any atom is 0.119 e. The first-order valence-electron chi connectivity index (χ1n) is 6.08. The summed E-state index contributed by atoms with van der Waals surface area (Å²) in [6.07, 6.45) is 2.48. The van der Waals surface area contributed by atoms with Crippen LogP contribution in [0.4, 0.5) is 0 Å². The van der Waals surface area contributed by atoms with E-state index in [1.54, 1.807) is 7.11 Å². The van der Waals surface area contributed by atoms with Crippen LogP contribution in [-0.2, 0) is 5.54 Å². The smallest absolute Gasteiger partial charge is 0.119 e.